The Balaban J connectivity index is 1.63. The first kappa shape index (κ1) is 18.4. The SMILES string of the molecule is O=C(N/N=C(\Cc1ccccc1)c1ccccc1)c1cc2ccccc2cc1O. The van der Waals surface area contributed by atoms with E-state index in [9.17, 15) is 9.90 Å². The van der Waals surface area contributed by atoms with Gasteiger partial charge in [-0.25, -0.2) is 5.43 Å². The van der Waals surface area contributed by atoms with Gasteiger partial charge in [-0.1, -0.05) is 84.9 Å². The number of carbonyl (C=O) groups excluding carboxylic acids is 1. The third-order valence-corrected chi connectivity index (χ3v) is 4.72. The molecule has 4 heteroatoms. The number of phenols is 1. The summed E-state index contributed by atoms with van der Waals surface area (Å²) >= 11 is 0. The minimum Gasteiger partial charge on any atom is -0.507 e. The van der Waals surface area contributed by atoms with Crippen LogP contribution in [0.25, 0.3) is 10.8 Å². The van der Waals surface area contributed by atoms with E-state index in [-0.39, 0.29) is 11.3 Å². The summed E-state index contributed by atoms with van der Waals surface area (Å²) in [6.07, 6.45) is 0.578. The van der Waals surface area contributed by atoms with Crippen LogP contribution < -0.4 is 5.43 Å². The number of hydrazone groups is 1. The van der Waals surface area contributed by atoms with Crippen LogP contribution in [-0.4, -0.2) is 16.7 Å². The number of aromatic hydroxyl groups is 1. The van der Waals surface area contributed by atoms with Gasteiger partial charge in [-0.15, -0.1) is 0 Å². The molecule has 4 rings (SSSR count). The molecule has 142 valence electrons. The highest BCUT2D eigenvalue weighted by atomic mass is 16.3. The van der Waals surface area contributed by atoms with Gasteiger partial charge in [0, 0.05) is 6.42 Å². The monoisotopic (exact) mass is 380 g/mol. The van der Waals surface area contributed by atoms with Crippen LogP contribution in [0, 0.1) is 0 Å². The van der Waals surface area contributed by atoms with Gasteiger partial charge in [0.05, 0.1) is 11.3 Å². The van der Waals surface area contributed by atoms with E-state index < -0.39 is 5.91 Å². The van der Waals surface area contributed by atoms with Crippen LogP contribution in [0.4, 0.5) is 0 Å². The lowest BCUT2D eigenvalue weighted by molar-refractivity contribution is 0.0952. The average Bonchev–Trinajstić information content (AvgIpc) is 2.77. The summed E-state index contributed by atoms with van der Waals surface area (Å²) < 4.78 is 0. The molecule has 0 fully saturated rings. The molecule has 0 aliphatic rings. The molecule has 4 aromatic carbocycles. The van der Waals surface area contributed by atoms with Crippen LogP contribution in [0.5, 0.6) is 5.75 Å². The third kappa shape index (κ3) is 4.33. The summed E-state index contributed by atoms with van der Waals surface area (Å²) in [6.45, 7) is 0. The van der Waals surface area contributed by atoms with E-state index in [2.05, 4.69) is 10.5 Å². The van der Waals surface area contributed by atoms with Crippen LogP contribution in [0.2, 0.25) is 0 Å². The molecule has 29 heavy (non-hydrogen) atoms. The summed E-state index contributed by atoms with van der Waals surface area (Å²) in [5.74, 6) is -0.518. The van der Waals surface area contributed by atoms with Crippen molar-refractivity contribution in [2.24, 2.45) is 5.10 Å². The van der Waals surface area contributed by atoms with Gasteiger partial charge in [0.2, 0.25) is 0 Å². The second kappa shape index (κ2) is 8.40. The standard InChI is InChI=1S/C25H20N2O2/c28-24-17-21-14-8-7-13-20(21)16-22(24)25(29)27-26-23(19-11-5-2-6-12-19)15-18-9-3-1-4-10-18/h1-14,16-17,28H,15H2,(H,27,29)/b26-23+. The summed E-state index contributed by atoms with van der Waals surface area (Å²) in [5.41, 5.74) is 5.57. The fourth-order valence-electron chi connectivity index (χ4n) is 3.21. The summed E-state index contributed by atoms with van der Waals surface area (Å²) in [5, 5.41) is 16.4. The normalized spacial score (nSPS) is 11.4. The lowest BCUT2D eigenvalue weighted by Gasteiger charge is -2.09. The van der Waals surface area contributed by atoms with Crippen LogP contribution in [0.15, 0.2) is 102 Å². The van der Waals surface area contributed by atoms with E-state index in [0.717, 1.165) is 27.6 Å². The second-order valence-electron chi connectivity index (χ2n) is 6.74. The van der Waals surface area contributed by atoms with Crippen LogP contribution in [0.1, 0.15) is 21.5 Å². The molecule has 4 aromatic rings. The van der Waals surface area contributed by atoms with Crippen LogP contribution in [-0.2, 0) is 6.42 Å². The van der Waals surface area contributed by atoms with Gasteiger partial charge >= 0.3 is 0 Å². The number of hydrogen-bond donors (Lipinski definition) is 2. The average molecular weight is 380 g/mol. The van der Waals surface area contributed by atoms with E-state index in [0.29, 0.717) is 6.42 Å². The Morgan fingerprint density at radius 2 is 1.38 bits per heavy atom. The number of rotatable bonds is 5. The molecular weight excluding hydrogens is 360 g/mol. The Bertz CT molecular complexity index is 1170. The Labute approximate surface area is 169 Å². The van der Waals surface area contributed by atoms with Gasteiger partial charge in [0.25, 0.3) is 5.91 Å². The van der Waals surface area contributed by atoms with Crippen molar-refractivity contribution in [3.63, 3.8) is 0 Å². The van der Waals surface area contributed by atoms with Gasteiger partial charge in [0.15, 0.2) is 0 Å². The van der Waals surface area contributed by atoms with E-state index >= 15 is 0 Å². The van der Waals surface area contributed by atoms with Crippen LogP contribution in [0.3, 0.4) is 0 Å². The largest absolute Gasteiger partial charge is 0.507 e. The van der Waals surface area contributed by atoms with Crippen molar-refractivity contribution >= 4 is 22.4 Å². The minimum atomic E-state index is -0.449. The molecule has 0 bridgehead atoms. The first-order valence-corrected chi connectivity index (χ1v) is 9.39. The van der Waals surface area contributed by atoms with Gasteiger partial charge in [-0.2, -0.15) is 5.10 Å². The van der Waals surface area contributed by atoms with Crippen molar-refractivity contribution in [1.29, 1.82) is 0 Å². The molecule has 0 aliphatic carbocycles. The number of hydrogen-bond acceptors (Lipinski definition) is 3. The minimum absolute atomic E-state index is 0.0688. The molecule has 0 aliphatic heterocycles. The molecule has 0 spiro atoms. The molecule has 1 amide bonds. The molecule has 0 unspecified atom stereocenters. The first-order valence-electron chi connectivity index (χ1n) is 9.39. The van der Waals surface area contributed by atoms with E-state index in [1.165, 1.54) is 0 Å². The summed E-state index contributed by atoms with van der Waals surface area (Å²) in [6, 6.07) is 30.5. The summed E-state index contributed by atoms with van der Waals surface area (Å²) in [4.78, 5) is 12.7. The number of nitrogens with zero attached hydrogens (tertiary/aromatic N) is 1. The van der Waals surface area contributed by atoms with Crippen LogP contribution >= 0.6 is 0 Å². The van der Waals surface area contributed by atoms with Gasteiger partial charge in [-0.05, 0) is 34.0 Å². The zero-order valence-electron chi connectivity index (χ0n) is 15.7. The number of carbonyl (C=O) groups is 1. The maximum Gasteiger partial charge on any atom is 0.275 e. The highest BCUT2D eigenvalue weighted by Crippen LogP contribution is 2.24. The Kier molecular flexibility index (Phi) is 5.34. The quantitative estimate of drug-likeness (QED) is 0.381. The number of nitrogens with one attached hydrogen (secondary N) is 1. The van der Waals surface area contributed by atoms with Crippen molar-refractivity contribution in [2.45, 2.75) is 6.42 Å². The molecule has 0 heterocycles. The highest BCUT2D eigenvalue weighted by molar-refractivity contribution is 6.05. The fraction of sp³-hybridized carbons (Fsp3) is 0.0400. The molecule has 0 saturated heterocycles. The highest BCUT2D eigenvalue weighted by Gasteiger charge is 2.13. The van der Waals surface area contributed by atoms with Gasteiger partial charge in [0.1, 0.15) is 5.75 Å². The van der Waals surface area contributed by atoms with Crippen molar-refractivity contribution in [3.8, 4) is 5.75 Å². The van der Waals surface area contributed by atoms with Crippen molar-refractivity contribution in [1.82, 2.24) is 5.43 Å². The van der Waals surface area contributed by atoms with Crippen molar-refractivity contribution in [3.05, 3.63) is 114 Å². The lowest BCUT2D eigenvalue weighted by atomic mass is 10.0. The molecule has 0 atom stereocenters. The topological polar surface area (TPSA) is 61.7 Å². The van der Waals surface area contributed by atoms with Gasteiger partial charge < -0.3 is 5.11 Å². The molecule has 0 saturated carbocycles. The lowest BCUT2D eigenvalue weighted by Crippen LogP contribution is -2.21. The Hall–Kier alpha value is -3.92. The number of benzene rings is 4. The van der Waals surface area contributed by atoms with Crippen molar-refractivity contribution in [2.75, 3.05) is 0 Å². The second-order valence-corrected chi connectivity index (χ2v) is 6.74. The third-order valence-electron chi connectivity index (χ3n) is 4.72. The molecule has 0 radical (unpaired) electrons. The predicted octanol–water partition coefficient (Wildman–Crippen LogP) is 4.92. The Morgan fingerprint density at radius 3 is 2.07 bits per heavy atom. The van der Waals surface area contributed by atoms with Crippen molar-refractivity contribution < 1.29 is 9.90 Å². The molecule has 2 N–H and O–H groups in total. The maximum absolute atomic E-state index is 12.7. The zero-order valence-corrected chi connectivity index (χ0v) is 15.7. The number of fused-ring (bicyclic) bond motifs is 1. The first-order chi connectivity index (χ1) is 14.2. The van der Waals surface area contributed by atoms with E-state index in [4.69, 9.17) is 0 Å². The Morgan fingerprint density at radius 1 is 0.793 bits per heavy atom. The smallest absolute Gasteiger partial charge is 0.275 e. The zero-order chi connectivity index (χ0) is 20.1. The molecule has 4 nitrogen and oxygen atoms in total. The number of amides is 1. The van der Waals surface area contributed by atoms with E-state index in [1.807, 2.05) is 84.9 Å². The predicted molar refractivity (Wildman–Crippen MR) is 116 cm³/mol. The molecule has 0 aromatic heterocycles. The molecular formula is C25H20N2O2. The summed E-state index contributed by atoms with van der Waals surface area (Å²) in [7, 11) is 0. The number of phenolic OH excluding ortho intramolecular Hbond substituents is 1. The maximum atomic E-state index is 12.7. The fourth-order valence-corrected chi connectivity index (χ4v) is 3.21. The van der Waals surface area contributed by atoms with E-state index in [1.54, 1.807) is 12.1 Å². The van der Waals surface area contributed by atoms with Gasteiger partial charge in [-0.3, -0.25) is 4.79 Å².